The van der Waals surface area contributed by atoms with Crippen molar-refractivity contribution in [2.75, 3.05) is 26.2 Å². The van der Waals surface area contributed by atoms with E-state index in [1.54, 1.807) is 0 Å². The van der Waals surface area contributed by atoms with Gasteiger partial charge in [-0.2, -0.15) is 0 Å². The van der Waals surface area contributed by atoms with E-state index in [0.29, 0.717) is 13.2 Å². The van der Waals surface area contributed by atoms with Gasteiger partial charge in [0, 0.05) is 28.4 Å². The average Bonchev–Trinajstić information content (AvgIpc) is 3.50. The number of carboxylic acid groups (broad SMARTS) is 1. The molecule has 1 atom stereocenters. The first-order chi connectivity index (χ1) is 16.6. The summed E-state index contributed by atoms with van der Waals surface area (Å²) in [5.74, 6) is -0.0274. The first-order valence-corrected chi connectivity index (χ1v) is 12.7. The summed E-state index contributed by atoms with van der Waals surface area (Å²) >= 11 is 1.85. The summed E-state index contributed by atoms with van der Waals surface area (Å²) in [6, 6.07) is 19.2. The maximum Gasteiger partial charge on any atom is 0.307 e. The first-order valence-electron chi connectivity index (χ1n) is 11.9. The Morgan fingerprint density at radius 2 is 2.03 bits per heavy atom. The van der Waals surface area contributed by atoms with Crippen LogP contribution in [0.1, 0.15) is 34.2 Å². The molecule has 0 amide bonds. The lowest BCUT2D eigenvalue weighted by atomic mass is 10.0. The zero-order valence-electron chi connectivity index (χ0n) is 19.4. The molecule has 5 rings (SSSR count). The van der Waals surface area contributed by atoms with Gasteiger partial charge in [0.1, 0.15) is 12.4 Å². The van der Waals surface area contributed by atoms with Crippen molar-refractivity contribution in [2.45, 2.75) is 19.8 Å². The highest BCUT2D eigenvalue weighted by molar-refractivity contribution is 7.13. The molecule has 4 nitrogen and oxygen atoms in total. The molecule has 1 N–H and O–H groups in total. The minimum absolute atomic E-state index is 0.243. The third-order valence-electron chi connectivity index (χ3n) is 6.53. The van der Waals surface area contributed by atoms with Gasteiger partial charge in [-0.25, -0.2) is 0 Å². The van der Waals surface area contributed by atoms with Crippen LogP contribution in [0.4, 0.5) is 0 Å². The molecule has 2 aliphatic rings. The second kappa shape index (κ2) is 10.00. The van der Waals surface area contributed by atoms with E-state index < -0.39 is 5.97 Å². The van der Waals surface area contributed by atoms with Crippen LogP contribution in [0.25, 0.3) is 29.4 Å². The summed E-state index contributed by atoms with van der Waals surface area (Å²) in [5.41, 5.74) is 6.00. The lowest BCUT2D eigenvalue weighted by molar-refractivity contribution is -0.141. The smallest absolute Gasteiger partial charge is 0.307 e. The number of hydrogen-bond acceptors (Lipinski definition) is 4. The molecule has 34 heavy (non-hydrogen) atoms. The summed E-state index contributed by atoms with van der Waals surface area (Å²) in [6.07, 6.45) is 8.29. The number of hydrogen-bond donors (Lipinski definition) is 1. The molecule has 0 radical (unpaired) electrons. The highest BCUT2D eigenvalue weighted by Crippen LogP contribution is 2.34. The minimum Gasteiger partial charge on any atom is -0.489 e. The summed E-state index contributed by atoms with van der Waals surface area (Å²) in [4.78, 5) is 16.1. The van der Waals surface area contributed by atoms with Crippen molar-refractivity contribution in [1.29, 1.82) is 0 Å². The summed E-state index contributed by atoms with van der Waals surface area (Å²) < 4.78 is 6.07. The molecule has 2 aromatic carbocycles. The number of aryl methyl sites for hydroxylation is 1. The third-order valence-corrected chi connectivity index (χ3v) is 7.78. The zero-order valence-corrected chi connectivity index (χ0v) is 20.2. The van der Waals surface area contributed by atoms with Gasteiger partial charge in [0.05, 0.1) is 5.92 Å². The molecule has 0 aliphatic carbocycles. The fourth-order valence-electron chi connectivity index (χ4n) is 4.72. The molecule has 1 unspecified atom stereocenters. The van der Waals surface area contributed by atoms with E-state index in [1.807, 2.05) is 11.3 Å². The Bertz CT molecular complexity index is 1240. The first kappa shape index (κ1) is 22.6. The number of benzene rings is 2. The van der Waals surface area contributed by atoms with Crippen LogP contribution in [0, 0.1) is 5.92 Å². The van der Waals surface area contributed by atoms with Crippen LogP contribution in [0.15, 0.2) is 60.2 Å². The topological polar surface area (TPSA) is 49.8 Å². The standard InChI is InChI=1S/C29H29NO3S/c1-2-28-26(22-6-4-3-5-7-22)16-25(34-28)11-9-20-8-10-23-14-21(19-33-27(23)15-20)17-30-13-12-24(18-30)29(31)32/h3-11,14-16,24H,2,12-13,17-19H2,1H3,(H,31,32)/b11-9+. The molecule has 174 valence electrons. The van der Waals surface area contributed by atoms with Crippen LogP contribution in [0.2, 0.25) is 0 Å². The van der Waals surface area contributed by atoms with Gasteiger partial charge < -0.3 is 9.84 Å². The van der Waals surface area contributed by atoms with Crippen LogP contribution in [-0.4, -0.2) is 42.2 Å². The van der Waals surface area contributed by atoms with Crippen LogP contribution < -0.4 is 4.74 Å². The van der Waals surface area contributed by atoms with E-state index in [-0.39, 0.29) is 5.92 Å². The van der Waals surface area contributed by atoms with Crippen LogP contribution in [0.5, 0.6) is 5.75 Å². The predicted octanol–water partition coefficient (Wildman–Crippen LogP) is 6.33. The number of carboxylic acids is 1. The lowest BCUT2D eigenvalue weighted by Gasteiger charge is -2.22. The molecule has 5 heteroatoms. The fraction of sp³-hybridized carbons (Fsp3) is 0.276. The molecular weight excluding hydrogens is 442 g/mol. The molecule has 3 aromatic rings. The number of likely N-dealkylation sites (tertiary alicyclic amines) is 1. The summed E-state index contributed by atoms with van der Waals surface area (Å²) in [7, 11) is 0. The molecule has 1 fully saturated rings. The number of aliphatic carboxylic acids is 1. The fourth-order valence-corrected chi connectivity index (χ4v) is 5.75. The Balaban J connectivity index is 1.28. The van der Waals surface area contributed by atoms with E-state index in [2.05, 4.69) is 84.6 Å². The second-order valence-electron chi connectivity index (χ2n) is 8.99. The zero-order chi connectivity index (χ0) is 23.5. The van der Waals surface area contributed by atoms with Crippen molar-refractivity contribution < 1.29 is 14.6 Å². The maximum atomic E-state index is 11.2. The predicted molar refractivity (Wildman–Crippen MR) is 140 cm³/mol. The van der Waals surface area contributed by atoms with Crippen LogP contribution >= 0.6 is 11.3 Å². The van der Waals surface area contributed by atoms with Crippen molar-refractivity contribution in [1.82, 2.24) is 4.90 Å². The quantitative estimate of drug-likeness (QED) is 0.437. The second-order valence-corrected chi connectivity index (χ2v) is 10.2. The van der Waals surface area contributed by atoms with Gasteiger partial charge in [-0.1, -0.05) is 55.5 Å². The van der Waals surface area contributed by atoms with Gasteiger partial charge in [-0.05, 0) is 65.9 Å². The summed E-state index contributed by atoms with van der Waals surface area (Å²) in [6.45, 7) is 4.99. The molecule has 0 saturated carbocycles. The number of fused-ring (bicyclic) bond motifs is 1. The number of thiophene rings is 1. The Morgan fingerprint density at radius 3 is 2.79 bits per heavy atom. The highest BCUT2D eigenvalue weighted by Gasteiger charge is 2.28. The Morgan fingerprint density at radius 1 is 1.18 bits per heavy atom. The minimum atomic E-state index is -0.688. The van der Waals surface area contributed by atoms with Gasteiger partial charge in [0.15, 0.2) is 0 Å². The molecule has 1 aromatic heterocycles. The van der Waals surface area contributed by atoms with Gasteiger partial charge >= 0.3 is 5.97 Å². The van der Waals surface area contributed by atoms with E-state index >= 15 is 0 Å². The van der Waals surface area contributed by atoms with Crippen molar-refractivity contribution in [2.24, 2.45) is 5.92 Å². The van der Waals surface area contributed by atoms with Crippen LogP contribution in [0.3, 0.4) is 0 Å². The maximum absolute atomic E-state index is 11.2. The van der Waals surface area contributed by atoms with E-state index in [9.17, 15) is 9.90 Å². The van der Waals surface area contributed by atoms with Crippen molar-refractivity contribution in [3.63, 3.8) is 0 Å². The molecule has 1 saturated heterocycles. The molecule has 0 bridgehead atoms. The highest BCUT2D eigenvalue weighted by atomic mass is 32.1. The van der Waals surface area contributed by atoms with Crippen molar-refractivity contribution in [3.05, 3.63) is 81.1 Å². The number of nitrogens with zero attached hydrogens (tertiary/aromatic N) is 1. The number of rotatable bonds is 7. The molecule has 0 spiro atoms. The Kier molecular flexibility index (Phi) is 6.66. The molecule has 3 heterocycles. The van der Waals surface area contributed by atoms with Gasteiger partial charge in [0.2, 0.25) is 0 Å². The average molecular weight is 472 g/mol. The van der Waals surface area contributed by atoms with E-state index in [1.165, 1.54) is 26.5 Å². The van der Waals surface area contributed by atoms with E-state index in [0.717, 1.165) is 42.8 Å². The lowest BCUT2D eigenvalue weighted by Crippen LogP contribution is -2.27. The van der Waals surface area contributed by atoms with Gasteiger partial charge in [0.25, 0.3) is 0 Å². The normalized spacial score (nSPS) is 18.0. The van der Waals surface area contributed by atoms with Crippen molar-refractivity contribution >= 4 is 35.5 Å². The molecular formula is C29H29NO3S. The number of ether oxygens (including phenoxy) is 1. The summed E-state index contributed by atoms with van der Waals surface area (Å²) in [5, 5.41) is 9.22. The Labute approximate surface area is 204 Å². The molecule has 2 aliphatic heterocycles. The Hall–Kier alpha value is -3.15. The van der Waals surface area contributed by atoms with E-state index in [4.69, 9.17) is 4.74 Å². The van der Waals surface area contributed by atoms with Gasteiger partial charge in [-0.3, -0.25) is 9.69 Å². The van der Waals surface area contributed by atoms with Crippen LogP contribution in [-0.2, 0) is 11.2 Å². The monoisotopic (exact) mass is 471 g/mol. The van der Waals surface area contributed by atoms with Crippen molar-refractivity contribution in [3.8, 4) is 16.9 Å². The SMILES string of the molecule is CCc1sc(/C=C/c2ccc3c(c2)OCC(CN2CCC(C(=O)O)C2)=C3)cc1-c1ccccc1. The number of carbonyl (C=O) groups is 1. The largest absolute Gasteiger partial charge is 0.489 e. The van der Waals surface area contributed by atoms with Gasteiger partial charge in [-0.15, -0.1) is 11.3 Å². The third kappa shape index (κ3) is 5.01.